The van der Waals surface area contributed by atoms with Crippen LogP contribution in [0.2, 0.25) is 0 Å². The quantitative estimate of drug-likeness (QED) is 0.699. The summed E-state index contributed by atoms with van der Waals surface area (Å²) in [5.74, 6) is 2.13. The molecular formula is C15H24O2. The van der Waals surface area contributed by atoms with E-state index in [1.165, 1.54) is 19.3 Å². The molecule has 2 nitrogen and oxygen atoms in total. The molecule has 0 amide bonds. The number of ketones is 1. The maximum absolute atomic E-state index is 12.3. The van der Waals surface area contributed by atoms with Gasteiger partial charge in [0.1, 0.15) is 5.78 Å². The molecule has 96 valence electrons. The Hall–Kier alpha value is -0.370. The number of rotatable bonds is 1. The Kier molecular flexibility index (Phi) is 2.46. The average molecular weight is 236 g/mol. The van der Waals surface area contributed by atoms with Gasteiger partial charge in [-0.15, -0.1) is 0 Å². The minimum Gasteiger partial charge on any atom is -0.378 e. The first-order valence-electron chi connectivity index (χ1n) is 7.05. The van der Waals surface area contributed by atoms with Crippen molar-refractivity contribution < 1.29 is 9.53 Å². The molecule has 3 aliphatic rings. The predicted octanol–water partition coefficient (Wildman–Crippen LogP) is 3.20. The molecule has 0 spiro atoms. The number of carbonyl (C=O) groups is 1. The van der Waals surface area contributed by atoms with Gasteiger partial charge in [0.25, 0.3) is 0 Å². The summed E-state index contributed by atoms with van der Waals surface area (Å²) in [7, 11) is 1.85. The summed E-state index contributed by atoms with van der Waals surface area (Å²) in [4.78, 5) is 12.3. The van der Waals surface area contributed by atoms with Crippen molar-refractivity contribution in [2.75, 3.05) is 7.11 Å². The van der Waals surface area contributed by atoms with Gasteiger partial charge < -0.3 is 4.74 Å². The molecule has 0 aromatic heterocycles. The Morgan fingerprint density at radius 3 is 2.71 bits per heavy atom. The summed E-state index contributed by atoms with van der Waals surface area (Å²) < 4.78 is 5.81. The second-order valence-electron chi connectivity index (χ2n) is 7.13. The molecule has 3 fully saturated rings. The number of ether oxygens (including phenoxy) is 1. The van der Waals surface area contributed by atoms with Crippen LogP contribution >= 0.6 is 0 Å². The van der Waals surface area contributed by atoms with E-state index < -0.39 is 0 Å². The molecule has 0 aromatic rings. The van der Waals surface area contributed by atoms with E-state index in [1.54, 1.807) is 0 Å². The monoisotopic (exact) mass is 236 g/mol. The lowest BCUT2D eigenvalue weighted by molar-refractivity contribution is -0.165. The minimum atomic E-state index is 0.0279. The molecule has 3 saturated carbocycles. The normalized spacial score (nSPS) is 53.6. The van der Waals surface area contributed by atoms with E-state index in [4.69, 9.17) is 4.74 Å². The largest absolute Gasteiger partial charge is 0.378 e. The van der Waals surface area contributed by atoms with Crippen molar-refractivity contribution in [2.45, 2.75) is 58.0 Å². The molecule has 3 aliphatic carbocycles. The molecule has 17 heavy (non-hydrogen) atoms. The number of fused-ring (bicyclic) bond motifs is 1. The van der Waals surface area contributed by atoms with Crippen molar-refractivity contribution in [1.29, 1.82) is 0 Å². The third-order valence-corrected chi connectivity index (χ3v) is 6.04. The van der Waals surface area contributed by atoms with Gasteiger partial charge in [0, 0.05) is 19.4 Å². The fourth-order valence-electron chi connectivity index (χ4n) is 4.92. The van der Waals surface area contributed by atoms with Crippen LogP contribution in [0.4, 0.5) is 0 Å². The van der Waals surface area contributed by atoms with Crippen LogP contribution in [0.15, 0.2) is 0 Å². The van der Waals surface area contributed by atoms with Gasteiger partial charge in [0.2, 0.25) is 0 Å². The molecule has 0 unspecified atom stereocenters. The number of hydrogen-bond donors (Lipinski definition) is 0. The maximum atomic E-state index is 12.3. The van der Waals surface area contributed by atoms with Crippen LogP contribution in [-0.4, -0.2) is 18.5 Å². The Morgan fingerprint density at radius 2 is 2.00 bits per heavy atom. The first-order chi connectivity index (χ1) is 7.97. The molecule has 3 rings (SSSR count). The molecule has 2 heteroatoms. The van der Waals surface area contributed by atoms with Crippen molar-refractivity contribution >= 4 is 5.78 Å². The molecule has 0 N–H and O–H groups in total. The van der Waals surface area contributed by atoms with Gasteiger partial charge in [0.05, 0.1) is 5.60 Å². The second-order valence-corrected chi connectivity index (χ2v) is 7.13. The first-order valence-corrected chi connectivity index (χ1v) is 7.05. The van der Waals surface area contributed by atoms with Gasteiger partial charge >= 0.3 is 0 Å². The van der Waals surface area contributed by atoms with Gasteiger partial charge in [-0.3, -0.25) is 4.79 Å². The van der Waals surface area contributed by atoms with Gasteiger partial charge in [-0.1, -0.05) is 6.92 Å². The Morgan fingerprint density at radius 1 is 1.24 bits per heavy atom. The molecule has 0 saturated heterocycles. The molecule has 2 bridgehead atoms. The van der Waals surface area contributed by atoms with E-state index in [2.05, 4.69) is 13.8 Å². The topological polar surface area (TPSA) is 26.3 Å². The second kappa shape index (κ2) is 3.57. The lowest BCUT2D eigenvalue weighted by atomic mass is 9.49. The lowest BCUT2D eigenvalue weighted by Gasteiger charge is -2.57. The van der Waals surface area contributed by atoms with Crippen LogP contribution in [0.25, 0.3) is 0 Å². The molecular weight excluding hydrogens is 212 g/mol. The van der Waals surface area contributed by atoms with E-state index in [0.29, 0.717) is 29.0 Å². The number of carbonyl (C=O) groups excluding carboxylic acids is 1. The summed E-state index contributed by atoms with van der Waals surface area (Å²) in [6, 6.07) is 0. The Balaban J connectivity index is 1.94. The zero-order valence-electron chi connectivity index (χ0n) is 11.3. The van der Waals surface area contributed by atoms with Crippen molar-refractivity contribution in [3.8, 4) is 0 Å². The minimum absolute atomic E-state index is 0.0279. The number of hydrogen-bond acceptors (Lipinski definition) is 2. The van der Waals surface area contributed by atoms with Crippen LogP contribution in [-0.2, 0) is 9.53 Å². The number of Topliss-reactive ketones (excluding diaryl/α,β-unsaturated/α-hetero) is 1. The highest BCUT2D eigenvalue weighted by Crippen LogP contribution is 2.59. The third-order valence-electron chi connectivity index (χ3n) is 6.04. The van der Waals surface area contributed by atoms with Gasteiger partial charge in [-0.2, -0.15) is 0 Å². The summed E-state index contributed by atoms with van der Waals surface area (Å²) in [5.41, 5.74) is 0.334. The lowest BCUT2D eigenvalue weighted by Crippen LogP contribution is -2.56. The van der Waals surface area contributed by atoms with E-state index in [0.717, 1.165) is 19.3 Å². The molecule has 0 aromatic carbocycles. The fraction of sp³-hybridized carbons (Fsp3) is 0.933. The Labute approximate surface area is 104 Å². The van der Waals surface area contributed by atoms with E-state index in [1.807, 2.05) is 7.11 Å². The van der Waals surface area contributed by atoms with Crippen LogP contribution in [0.5, 0.6) is 0 Å². The summed E-state index contributed by atoms with van der Waals surface area (Å²) >= 11 is 0. The zero-order valence-corrected chi connectivity index (χ0v) is 11.3. The van der Waals surface area contributed by atoms with Gasteiger partial charge in [-0.05, 0) is 56.3 Å². The van der Waals surface area contributed by atoms with Crippen LogP contribution in [0.1, 0.15) is 52.4 Å². The van der Waals surface area contributed by atoms with Crippen molar-refractivity contribution in [1.82, 2.24) is 0 Å². The standard InChI is InChI=1S/C15H24O2/c1-14-6-5-12-11(8-14)10(13(16)9-14)4-7-15(12,2)17-3/h10-12H,4-9H2,1-3H3/t10-,11-,12-,14+,15-/m1/s1. The van der Waals surface area contributed by atoms with Crippen molar-refractivity contribution in [2.24, 2.45) is 23.2 Å². The summed E-state index contributed by atoms with van der Waals surface area (Å²) in [6.07, 6.45) is 6.69. The maximum Gasteiger partial charge on any atom is 0.136 e. The molecule has 5 atom stereocenters. The molecule has 0 heterocycles. The molecule has 0 aliphatic heterocycles. The van der Waals surface area contributed by atoms with E-state index in [9.17, 15) is 4.79 Å². The zero-order chi connectivity index (χ0) is 12.3. The van der Waals surface area contributed by atoms with Crippen LogP contribution < -0.4 is 0 Å². The van der Waals surface area contributed by atoms with Crippen LogP contribution in [0, 0.1) is 23.2 Å². The highest BCUT2D eigenvalue weighted by atomic mass is 16.5. The average Bonchev–Trinajstić information content (AvgIpc) is 2.27. The smallest absolute Gasteiger partial charge is 0.136 e. The molecule has 0 radical (unpaired) electrons. The highest BCUT2D eigenvalue weighted by Gasteiger charge is 2.56. The summed E-state index contributed by atoms with van der Waals surface area (Å²) in [6.45, 7) is 4.58. The van der Waals surface area contributed by atoms with E-state index in [-0.39, 0.29) is 5.60 Å². The van der Waals surface area contributed by atoms with Gasteiger partial charge in [0.15, 0.2) is 0 Å². The van der Waals surface area contributed by atoms with E-state index >= 15 is 0 Å². The predicted molar refractivity (Wildman–Crippen MR) is 66.7 cm³/mol. The number of methoxy groups -OCH3 is 1. The van der Waals surface area contributed by atoms with Crippen LogP contribution in [0.3, 0.4) is 0 Å². The Bertz CT molecular complexity index is 351. The highest BCUT2D eigenvalue weighted by molar-refractivity contribution is 5.83. The van der Waals surface area contributed by atoms with Crippen molar-refractivity contribution in [3.63, 3.8) is 0 Å². The fourth-order valence-corrected chi connectivity index (χ4v) is 4.92. The third kappa shape index (κ3) is 1.60. The first kappa shape index (κ1) is 11.7. The van der Waals surface area contributed by atoms with Crippen molar-refractivity contribution in [3.05, 3.63) is 0 Å². The SMILES string of the molecule is CO[C@]1(C)CC[C@H]2C(=O)C[C@@]3(C)CC[C@@H]1[C@@H]2C3. The van der Waals surface area contributed by atoms with Gasteiger partial charge in [-0.25, -0.2) is 0 Å². The summed E-state index contributed by atoms with van der Waals surface area (Å²) in [5, 5.41) is 0.